The minimum atomic E-state index is -1.24. The molecule has 2 rings (SSSR count). The van der Waals surface area contributed by atoms with Gasteiger partial charge in [0, 0.05) is 35.9 Å². The van der Waals surface area contributed by atoms with Gasteiger partial charge in [0.2, 0.25) is 0 Å². The van der Waals surface area contributed by atoms with Crippen molar-refractivity contribution in [2.24, 2.45) is 0 Å². The van der Waals surface area contributed by atoms with E-state index in [4.69, 9.17) is 11.6 Å². The molecule has 1 N–H and O–H groups in total. The predicted octanol–water partition coefficient (Wildman–Crippen LogP) is 3.32. The molecule has 0 saturated heterocycles. The van der Waals surface area contributed by atoms with Crippen molar-refractivity contribution in [3.8, 4) is 0 Å². The Kier molecular flexibility index (Phi) is 4.42. The molecule has 0 aliphatic heterocycles. The Balaban J connectivity index is 2.25. The summed E-state index contributed by atoms with van der Waals surface area (Å²) in [6, 6.07) is 13.9. The van der Waals surface area contributed by atoms with Crippen LogP contribution in [0, 0.1) is 0 Å². The Bertz CT molecular complexity index is 608. The average molecular weight is 290 g/mol. The van der Waals surface area contributed by atoms with Crippen LogP contribution in [0.4, 0.5) is 5.69 Å². The molecule has 4 heteroatoms. The minimum absolute atomic E-state index is 0.358. The van der Waals surface area contributed by atoms with Crippen LogP contribution in [0.25, 0.3) is 0 Å². The van der Waals surface area contributed by atoms with Crippen molar-refractivity contribution in [1.82, 2.24) is 0 Å². The maximum atomic E-state index is 12.3. The van der Waals surface area contributed by atoms with E-state index >= 15 is 0 Å². The fourth-order valence-electron chi connectivity index (χ4n) is 1.92. The lowest BCUT2D eigenvalue weighted by molar-refractivity contribution is 0.0747. The number of carbonyl (C=O) groups is 1. The molecule has 0 fully saturated rings. The van der Waals surface area contributed by atoms with Crippen LogP contribution in [-0.4, -0.2) is 25.0 Å². The summed E-state index contributed by atoms with van der Waals surface area (Å²) >= 11 is 6.00. The van der Waals surface area contributed by atoms with E-state index in [0.29, 0.717) is 16.1 Å². The first-order valence-electron chi connectivity index (χ1n) is 6.25. The summed E-state index contributed by atoms with van der Waals surface area (Å²) in [6.07, 6.45) is -1.24. The quantitative estimate of drug-likeness (QED) is 0.878. The number of rotatable bonds is 4. The van der Waals surface area contributed by atoms with Crippen molar-refractivity contribution in [2.75, 3.05) is 19.0 Å². The van der Waals surface area contributed by atoms with E-state index in [2.05, 4.69) is 0 Å². The van der Waals surface area contributed by atoms with E-state index in [9.17, 15) is 9.90 Å². The Hall–Kier alpha value is -1.84. The normalized spacial score (nSPS) is 12.0. The van der Waals surface area contributed by atoms with Gasteiger partial charge in [-0.15, -0.1) is 0 Å². The van der Waals surface area contributed by atoms with Crippen molar-refractivity contribution in [3.63, 3.8) is 0 Å². The highest BCUT2D eigenvalue weighted by Crippen LogP contribution is 2.26. The Morgan fingerprint density at radius 3 is 2.25 bits per heavy atom. The molecule has 0 aliphatic carbocycles. The maximum Gasteiger partial charge on any atom is 0.195 e. The number of halogens is 1. The second-order valence-electron chi connectivity index (χ2n) is 4.73. The van der Waals surface area contributed by atoms with E-state index in [1.165, 1.54) is 0 Å². The molecule has 0 unspecified atom stereocenters. The fourth-order valence-corrected chi connectivity index (χ4v) is 2.16. The lowest BCUT2D eigenvalue weighted by atomic mass is 10.00. The Morgan fingerprint density at radius 1 is 1.10 bits per heavy atom. The van der Waals surface area contributed by atoms with E-state index in [0.717, 1.165) is 5.69 Å². The molecule has 0 aliphatic rings. The third kappa shape index (κ3) is 3.00. The van der Waals surface area contributed by atoms with Crippen molar-refractivity contribution in [3.05, 3.63) is 64.7 Å². The maximum absolute atomic E-state index is 12.3. The monoisotopic (exact) mass is 289 g/mol. The van der Waals surface area contributed by atoms with Gasteiger partial charge in [0.15, 0.2) is 5.78 Å². The van der Waals surface area contributed by atoms with Gasteiger partial charge < -0.3 is 10.0 Å². The lowest BCUT2D eigenvalue weighted by Gasteiger charge is -2.14. The van der Waals surface area contributed by atoms with Crippen molar-refractivity contribution in [2.45, 2.75) is 6.10 Å². The van der Waals surface area contributed by atoms with E-state index in [-0.39, 0.29) is 5.78 Å². The van der Waals surface area contributed by atoms with Gasteiger partial charge in [0.05, 0.1) is 0 Å². The van der Waals surface area contributed by atoms with Gasteiger partial charge in [-0.1, -0.05) is 29.8 Å². The van der Waals surface area contributed by atoms with Crippen LogP contribution in [0.3, 0.4) is 0 Å². The highest BCUT2D eigenvalue weighted by Gasteiger charge is 2.21. The molecular weight excluding hydrogens is 274 g/mol. The van der Waals surface area contributed by atoms with Gasteiger partial charge in [0.1, 0.15) is 6.10 Å². The number of benzene rings is 2. The van der Waals surface area contributed by atoms with Gasteiger partial charge in [-0.05, 0) is 30.3 Å². The molecule has 3 nitrogen and oxygen atoms in total. The first kappa shape index (κ1) is 14.6. The van der Waals surface area contributed by atoms with Crippen molar-refractivity contribution >= 4 is 23.1 Å². The Labute approximate surface area is 123 Å². The van der Waals surface area contributed by atoms with Crippen LogP contribution in [-0.2, 0) is 0 Å². The van der Waals surface area contributed by atoms with Gasteiger partial charge in [0.25, 0.3) is 0 Å². The molecule has 0 saturated carbocycles. The number of Topliss-reactive ketones (excluding diaryl/α,β-unsaturated/α-hetero) is 1. The summed E-state index contributed by atoms with van der Waals surface area (Å²) in [4.78, 5) is 14.2. The molecule has 20 heavy (non-hydrogen) atoms. The van der Waals surface area contributed by atoms with Crippen LogP contribution in [0.15, 0.2) is 48.5 Å². The van der Waals surface area contributed by atoms with Crippen molar-refractivity contribution < 1.29 is 9.90 Å². The third-order valence-electron chi connectivity index (χ3n) is 3.12. The lowest BCUT2D eigenvalue weighted by Crippen LogP contribution is -2.13. The summed E-state index contributed by atoms with van der Waals surface area (Å²) < 4.78 is 0. The number of aliphatic hydroxyl groups excluding tert-OH is 1. The first-order chi connectivity index (χ1) is 9.50. The number of hydrogen-bond acceptors (Lipinski definition) is 3. The summed E-state index contributed by atoms with van der Waals surface area (Å²) in [5.74, 6) is -0.358. The van der Waals surface area contributed by atoms with E-state index < -0.39 is 6.10 Å². The zero-order valence-corrected chi connectivity index (χ0v) is 12.1. The van der Waals surface area contributed by atoms with Crippen LogP contribution >= 0.6 is 11.6 Å². The molecule has 2 aromatic rings. The van der Waals surface area contributed by atoms with Crippen LogP contribution in [0.5, 0.6) is 0 Å². The number of nitrogens with zero attached hydrogens (tertiary/aromatic N) is 1. The molecule has 2 aromatic carbocycles. The zero-order chi connectivity index (χ0) is 14.7. The first-order valence-corrected chi connectivity index (χ1v) is 6.62. The van der Waals surface area contributed by atoms with Gasteiger partial charge in [-0.3, -0.25) is 4.79 Å². The standard InChI is InChI=1S/C16H16ClNO2/c1-18(2)12-9-7-11(8-10-12)15(19)16(20)13-5-3-4-6-14(13)17/h3-10,16,20H,1-2H3/t16-/m0/s1. The van der Waals surface area contributed by atoms with Gasteiger partial charge in [-0.2, -0.15) is 0 Å². The van der Waals surface area contributed by atoms with E-state index in [1.807, 2.05) is 31.1 Å². The molecule has 0 aromatic heterocycles. The average Bonchev–Trinajstić information content (AvgIpc) is 2.46. The smallest absolute Gasteiger partial charge is 0.195 e. The fraction of sp³-hybridized carbons (Fsp3) is 0.188. The number of anilines is 1. The Morgan fingerprint density at radius 2 is 1.70 bits per heavy atom. The third-order valence-corrected chi connectivity index (χ3v) is 3.46. The number of aliphatic hydroxyl groups is 1. The number of carbonyl (C=O) groups excluding carboxylic acids is 1. The van der Waals surface area contributed by atoms with Crippen LogP contribution < -0.4 is 4.90 Å². The van der Waals surface area contributed by atoms with Crippen molar-refractivity contribution in [1.29, 1.82) is 0 Å². The molecular formula is C16H16ClNO2. The summed E-state index contributed by atoms with van der Waals surface area (Å²) in [5, 5.41) is 10.5. The van der Waals surface area contributed by atoms with Crippen LogP contribution in [0.1, 0.15) is 22.0 Å². The predicted molar refractivity (Wildman–Crippen MR) is 81.5 cm³/mol. The molecule has 0 radical (unpaired) electrons. The topological polar surface area (TPSA) is 40.5 Å². The molecule has 104 valence electrons. The second kappa shape index (κ2) is 6.07. The summed E-state index contributed by atoms with van der Waals surface area (Å²) in [6.45, 7) is 0. The molecule has 0 bridgehead atoms. The van der Waals surface area contributed by atoms with Gasteiger partial charge >= 0.3 is 0 Å². The molecule has 0 heterocycles. The number of ketones is 1. The molecule has 0 amide bonds. The molecule has 0 spiro atoms. The summed E-state index contributed by atoms with van der Waals surface area (Å²) in [7, 11) is 3.85. The SMILES string of the molecule is CN(C)c1ccc(C(=O)[C@@H](O)c2ccccc2Cl)cc1. The highest BCUT2D eigenvalue weighted by molar-refractivity contribution is 6.31. The molecule has 1 atom stereocenters. The number of hydrogen-bond donors (Lipinski definition) is 1. The zero-order valence-electron chi connectivity index (χ0n) is 11.4. The largest absolute Gasteiger partial charge is 0.380 e. The summed E-state index contributed by atoms with van der Waals surface area (Å²) in [5.41, 5.74) is 1.88. The van der Waals surface area contributed by atoms with Crippen LogP contribution in [0.2, 0.25) is 5.02 Å². The van der Waals surface area contributed by atoms with E-state index in [1.54, 1.807) is 36.4 Å². The second-order valence-corrected chi connectivity index (χ2v) is 5.14. The van der Waals surface area contributed by atoms with Gasteiger partial charge in [-0.25, -0.2) is 0 Å². The minimum Gasteiger partial charge on any atom is -0.380 e. The highest BCUT2D eigenvalue weighted by atomic mass is 35.5.